The summed E-state index contributed by atoms with van der Waals surface area (Å²) in [6.45, 7) is 4.48. The number of nitrogens with zero attached hydrogens (tertiary/aromatic N) is 4. The van der Waals surface area contributed by atoms with Crippen LogP contribution in [0.4, 0.5) is 0 Å². The number of aromatic nitrogens is 2. The Morgan fingerprint density at radius 3 is 2.36 bits per heavy atom. The first-order chi connectivity index (χ1) is 13.2. The summed E-state index contributed by atoms with van der Waals surface area (Å²) in [7, 11) is 0. The zero-order valence-electron chi connectivity index (χ0n) is 16.5. The molecule has 1 unspecified atom stereocenters. The van der Waals surface area contributed by atoms with Crippen LogP contribution in [0, 0.1) is 5.92 Å². The highest BCUT2D eigenvalue weighted by atomic mass is 35.5. The Morgan fingerprint density at radius 2 is 1.68 bits per heavy atom. The first kappa shape index (κ1) is 21.1. The first-order valence-electron chi connectivity index (χ1n) is 10.6. The van der Waals surface area contributed by atoms with E-state index in [0.29, 0.717) is 43.8 Å². The topological polar surface area (TPSA) is 70.5 Å². The van der Waals surface area contributed by atoms with Gasteiger partial charge in [0.05, 0.1) is 6.04 Å². The molecule has 1 aromatic rings. The number of hydrogen-bond donors (Lipinski definition) is 1. The second kappa shape index (κ2) is 9.74. The standard InChI is InChI=1S/C20H31N5O2.ClH/c26-19(16-5-2-1-3-6-16)23-11-13-24(14-12-23)20(27)18-8-10-25(22-18)17-7-4-9-21-15-17;/h8,10,16-17,21H,1-7,9,11-15H2;1H. The number of carbonyl (C=O) groups is 2. The highest BCUT2D eigenvalue weighted by molar-refractivity contribution is 5.92. The van der Waals surface area contributed by atoms with Crippen molar-refractivity contribution in [2.45, 2.75) is 51.0 Å². The van der Waals surface area contributed by atoms with E-state index < -0.39 is 0 Å². The fraction of sp³-hybridized carbons (Fsp3) is 0.750. The highest BCUT2D eigenvalue weighted by Crippen LogP contribution is 2.26. The van der Waals surface area contributed by atoms with Gasteiger partial charge >= 0.3 is 0 Å². The zero-order chi connectivity index (χ0) is 18.6. The minimum Gasteiger partial charge on any atom is -0.339 e. The second-order valence-electron chi connectivity index (χ2n) is 8.13. The molecule has 2 aliphatic heterocycles. The van der Waals surface area contributed by atoms with Crippen LogP contribution >= 0.6 is 12.4 Å². The summed E-state index contributed by atoms with van der Waals surface area (Å²) in [4.78, 5) is 29.3. The highest BCUT2D eigenvalue weighted by Gasteiger charge is 2.30. The number of amides is 2. The number of carbonyl (C=O) groups excluding carboxylic acids is 2. The van der Waals surface area contributed by atoms with Crippen LogP contribution < -0.4 is 5.32 Å². The van der Waals surface area contributed by atoms with Gasteiger partial charge in [-0.2, -0.15) is 5.10 Å². The van der Waals surface area contributed by atoms with Crippen molar-refractivity contribution in [3.8, 4) is 0 Å². The molecule has 0 radical (unpaired) electrons. The maximum absolute atomic E-state index is 12.8. The zero-order valence-corrected chi connectivity index (χ0v) is 17.3. The van der Waals surface area contributed by atoms with E-state index in [-0.39, 0.29) is 24.2 Å². The van der Waals surface area contributed by atoms with Gasteiger partial charge in [-0.05, 0) is 38.3 Å². The van der Waals surface area contributed by atoms with Gasteiger partial charge in [-0.1, -0.05) is 19.3 Å². The predicted octanol–water partition coefficient (Wildman–Crippen LogP) is 2.09. The molecule has 0 aromatic carbocycles. The van der Waals surface area contributed by atoms with Gasteiger partial charge in [0.25, 0.3) is 5.91 Å². The first-order valence-corrected chi connectivity index (χ1v) is 10.6. The fourth-order valence-corrected chi connectivity index (χ4v) is 4.61. The van der Waals surface area contributed by atoms with Crippen LogP contribution in [0.3, 0.4) is 0 Å². The maximum atomic E-state index is 12.8. The van der Waals surface area contributed by atoms with Crippen molar-refractivity contribution in [2.24, 2.45) is 5.92 Å². The molecule has 1 aliphatic carbocycles. The van der Waals surface area contributed by atoms with Crippen molar-refractivity contribution in [2.75, 3.05) is 39.3 Å². The van der Waals surface area contributed by atoms with Gasteiger partial charge in [0.2, 0.25) is 5.91 Å². The molecule has 2 amide bonds. The van der Waals surface area contributed by atoms with E-state index >= 15 is 0 Å². The molecule has 3 heterocycles. The van der Waals surface area contributed by atoms with Crippen LogP contribution in [0.2, 0.25) is 0 Å². The Bertz CT molecular complexity index is 659. The van der Waals surface area contributed by atoms with E-state index in [1.165, 1.54) is 19.3 Å². The predicted molar refractivity (Wildman–Crippen MR) is 110 cm³/mol. The van der Waals surface area contributed by atoms with Crippen LogP contribution in [-0.4, -0.2) is 70.7 Å². The fourth-order valence-electron chi connectivity index (χ4n) is 4.61. The van der Waals surface area contributed by atoms with Crippen molar-refractivity contribution in [3.05, 3.63) is 18.0 Å². The van der Waals surface area contributed by atoms with Crippen molar-refractivity contribution in [1.82, 2.24) is 24.9 Å². The molecule has 1 N–H and O–H groups in total. The number of piperazine rings is 1. The maximum Gasteiger partial charge on any atom is 0.274 e. The van der Waals surface area contributed by atoms with E-state index in [9.17, 15) is 9.59 Å². The Morgan fingerprint density at radius 1 is 0.964 bits per heavy atom. The van der Waals surface area contributed by atoms with E-state index in [2.05, 4.69) is 10.4 Å². The lowest BCUT2D eigenvalue weighted by atomic mass is 9.88. The smallest absolute Gasteiger partial charge is 0.274 e. The molecular weight excluding hydrogens is 378 g/mol. The van der Waals surface area contributed by atoms with Gasteiger partial charge in [0.15, 0.2) is 0 Å². The van der Waals surface area contributed by atoms with Crippen LogP contribution in [0.25, 0.3) is 0 Å². The van der Waals surface area contributed by atoms with Gasteiger partial charge in [-0.25, -0.2) is 0 Å². The van der Waals surface area contributed by atoms with Crippen LogP contribution in [0.15, 0.2) is 12.3 Å². The summed E-state index contributed by atoms with van der Waals surface area (Å²) in [5, 5.41) is 7.93. The minimum atomic E-state index is -0.0118. The third kappa shape index (κ3) is 4.69. The number of nitrogens with one attached hydrogen (secondary N) is 1. The summed E-state index contributed by atoms with van der Waals surface area (Å²) < 4.78 is 1.93. The van der Waals surface area contributed by atoms with Crippen LogP contribution in [-0.2, 0) is 4.79 Å². The monoisotopic (exact) mass is 409 g/mol. The lowest BCUT2D eigenvalue weighted by Gasteiger charge is -2.37. The summed E-state index contributed by atoms with van der Waals surface area (Å²) in [5.41, 5.74) is 0.521. The molecule has 3 aliphatic rings. The Labute approximate surface area is 173 Å². The molecular formula is C20H32ClN5O2. The van der Waals surface area contributed by atoms with Gasteiger partial charge in [0.1, 0.15) is 5.69 Å². The van der Waals surface area contributed by atoms with Gasteiger partial charge in [0, 0.05) is 44.8 Å². The van der Waals surface area contributed by atoms with Crippen molar-refractivity contribution in [3.63, 3.8) is 0 Å². The molecule has 156 valence electrons. The lowest BCUT2D eigenvalue weighted by molar-refractivity contribution is -0.138. The number of halogens is 1. The van der Waals surface area contributed by atoms with Crippen molar-refractivity contribution >= 4 is 24.2 Å². The Kier molecular flexibility index (Phi) is 7.35. The molecule has 4 rings (SSSR count). The molecule has 1 saturated carbocycles. The van der Waals surface area contributed by atoms with Gasteiger partial charge in [-0.15, -0.1) is 12.4 Å². The summed E-state index contributed by atoms with van der Waals surface area (Å²) in [6.07, 6.45) is 9.84. The van der Waals surface area contributed by atoms with Gasteiger partial charge < -0.3 is 15.1 Å². The summed E-state index contributed by atoms with van der Waals surface area (Å²) >= 11 is 0. The molecule has 3 fully saturated rings. The molecule has 2 saturated heterocycles. The molecule has 0 spiro atoms. The number of piperidine rings is 1. The number of rotatable bonds is 3. The molecule has 0 bridgehead atoms. The average Bonchev–Trinajstić information content (AvgIpc) is 3.24. The van der Waals surface area contributed by atoms with Crippen LogP contribution in [0.5, 0.6) is 0 Å². The van der Waals surface area contributed by atoms with E-state index in [1.807, 2.05) is 26.7 Å². The van der Waals surface area contributed by atoms with Crippen molar-refractivity contribution in [1.29, 1.82) is 0 Å². The summed E-state index contributed by atoms with van der Waals surface area (Å²) in [6, 6.07) is 2.17. The molecule has 7 nitrogen and oxygen atoms in total. The third-order valence-electron chi connectivity index (χ3n) is 6.31. The molecule has 1 aromatic heterocycles. The normalized spacial score (nSPS) is 23.9. The quantitative estimate of drug-likeness (QED) is 0.829. The van der Waals surface area contributed by atoms with E-state index in [4.69, 9.17) is 0 Å². The molecule has 28 heavy (non-hydrogen) atoms. The van der Waals surface area contributed by atoms with Gasteiger partial charge in [-0.3, -0.25) is 14.3 Å². The molecule has 1 atom stereocenters. The SMILES string of the molecule is Cl.O=C(c1ccn(C2CCCNC2)n1)N1CCN(C(=O)C2CCCCC2)CC1. The Balaban J connectivity index is 0.00000225. The lowest BCUT2D eigenvalue weighted by Crippen LogP contribution is -2.52. The Hall–Kier alpha value is -1.60. The summed E-state index contributed by atoms with van der Waals surface area (Å²) in [5.74, 6) is 0.499. The second-order valence-corrected chi connectivity index (χ2v) is 8.13. The molecule has 8 heteroatoms. The van der Waals surface area contributed by atoms with E-state index in [0.717, 1.165) is 38.8 Å². The largest absolute Gasteiger partial charge is 0.339 e. The average molecular weight is 410 g/mol. The van der Waals surface area contributed by atoms with E-state index in [1.54, 1.807) is 0 Å². The van der Waals surface area contributed by atoms with Crippen LogP contribution in [0.1, 0.15) is 61.5 Å². The number of hydrogen-bond acceptors (Lipinski definition) is 4. The van der Waals surface area contributed by atoms with Crippen molar-refractivity contribution < 1.29 is 9.59 Å². The third-order valence-corrected chi connectivity index (χ3v) is 6.31. The minimum absolute atomic E-state index is 0.